The van der Waals surface area contributed by atoms with Crippen LogP contribution in [0.15, 0.2) is 46.1 Å². The van der Waals surface area contributed by atoms with Gasteiger partial charge >= 0.3 is 6.55 Å². The molecule has 5 nitrogen and oxygen atoms in total. The quantitative estimate of drug-likeness (QED) is 0.523. The largest absolute Gasteiger partial charge is 0.357 e. The molecule has 0 amide bonds. The van der Waals surface area contributed by atoms with E-state index in [1.165, 1.54) is 18.0 Å². The number of aliphatic imine (C=N–C) groups is 1. The lowest BCUT2D eigenvalue weighted by Crippen LogP contribution is -2.41. The maximum absolute atomic E-state index is 12.9. The second-order valence-electron chi connectivity index (χ2n) is 6.37. The Balaban J connectivity index is 1.66. The molecule has 0 radical (unpaired) electrons. The van der Waals surface area contributed by atoms with Crippen molar-refractivity contribution in [3.8, 4) is 0 Å². The highest BCUT2D eigenvalue weighted by Gasteiger charge is 2.44. The minimum atomic E-state index is -2.61. The monoisotopic (exact) mass is 425 g/mol. The van der Waals surface area contributed by atoms with Crippen LogP contribution in [0.25, 0.3) is 0 Å². The molecule has 2 N–H and O–H groups in total. The fraction of sp³-hybridized carbons (Fsp3) is 0.444. The number of rotatable bonds is 7. The Morgan fingerprint density at radius 2 is 2.19 bits per heavy atom. The van der Waals surface area contributed by atoms with Gasteiger partial charge in [-0.1, -0.05) is 28.1 Å². The van der Waals surface area contributed by atoms with E-state index in [2.05, 4.69) is 48.7 Å². The summed E-state index contributed by atoms with van der Waals surface area (Å²) in [5.74, 6) is 0.850. The Labute approximate surface area is 160 Å². The highest BCUT2D eigenvalue weighted by Crippen LogP contribution is 2.48. The SMILES string of the molecule is CCNC(=NCc1nccn1C(F)F)NCC1(c2cccc(Br)c2)CC1. The highest BCUT2D eigenvalue weighted by molar-refractivity contribution is 9.10. The first-order chi connectivity index (χ1) is 12.5. The minimum Gasteiger partial charge on any atom is -0.357 e. The van der Waals surface area contributed by atoms with Crippen LogP contribution in [0.5, 0.6) is 0 Å². The fourth-order valence-corrected chi connectivity index (χ4v) is 3.32. The predicted octanol–water partition coefficient (Wildman–Crippen LogP) is 3.83. The number of nitrogens with zero attached hydrogens (tertiary/aromatic N) is 3. The summed E-state index contributed by atoms with van der Waals surface area (Å²) < 4.78 is 27.7. The van der Waals surface area contributed by atoms with Crippen molar-refractivity contribution in [2.24, 2.45) is 4.99 Å². The molecular weight excluding hydrogens is 404 g/mol. The molecule has 0 atom stereocenters. The molecule has 3 rings (SSSR count). The maximum Gasteiger partial charge on any atom is 0.319 e. The molecule has 140 valence electrons. The Morgan fingerprint density at radius 1 is 1.38 bits per heavy atom. The maximum atomic E-state index is 12.9. The van der Waals surface area contributed by atoms with Gasteiger partial charge in [0.05, 0.1) is 0 Å². The van der Waals surface area contributed by atoms with Gasteiger partial charge < -0.3 is 10.6 Å². The van der Waals surface area contributed by atoms with E-state index in [1.54, 1.807) is 0 Å². The van der Waals surface area contributed by atoms with E-state index in [-0.39, 0.29) is 17.8 Å². The van der Waals surface area contributed by atoms with E-state index < -0.39 is 6.55 Å². The van der Waals surface area contributed by atoms with Crippen molar-refractivity contribution in [1.29, 1.82) is 0 Å². The lowest BCUT2D eigenvalue weighted by molar-refractivity contribution is 0.0671. The number of nitrogens with one attached hydrogen (secondary N) is 2. The Hall–Kier alpha value is -1.96. The van der Waals surface area contributed by atoms with E-state index in [4.69, 9.17) is 0 Å². The van der Waals surface area contributed by atoms with Gasteiger partial charge in [-0.3, -0.25) is 4.57 Å². The average molecular weight is 426 g/mol. The summed E-state index contributed by atoms with van der Waals surface area (Å²) in [6, 6.07) is 8.35. The molecule has 1 heterocycles. The smallest absolute Gasteiger partial charge is 0.319 e. The predicted molar refractivity (Wildman–Crippen MR) is 101 cm³/mol. The number of alkyl halides is 2. The van der Waals surface area contributed by atoms with E-state index in [9.17, 15) is 8.78 Å². The summed E-state index contributed by atoms with van der Waals surface area (Å²) in [5.41, 5.74) is 1.41. The van der Waals surface area contributed by atoms with Crippen LogP contribution in [-0.2, 0) is 12.0 Å². The van der Waals surface area contributed by atoms with Crippen LogP contribution >= 0.6 is 15.9 Å². The summed E-state index contributed by atoms with van der Waals surface area (Å²) >= 11 is 3.53. The summed E-state index contributed by atoms with van der Waals surface area (Å²) in [6.07, 6.45) is 4.86. The van der Waals surface area contributed by atoms with Crippen molar-refractivity contribution < 1.29 is 8.78 Å². The van der Waals surface area contributed by atoms with E-state index in [1.807, 2.05) is 19.1 Å². The number of benzene rings is 1. The van der Waals surface area contributed by atoms with Crippen LogP contribution in [-0.4, -0.2) is 28.6 Å². The van der Waals surface area contributed by atoms with Gasteiger partial charge in [-0.05, 0) is 37.5 Å². The molecule has 1 aliphatic rings. The van der Waals surface area contributed by atoms with Gasteiger partial charge in [-0.2, -0.15) is 8.78 Å². The van der Waals surface area contributed by atoms with Gasteiger partial charge in [-0.15, -0.1) is 0 Å². The molecule has 2 aromatic rings. The minimum absolute atomic E-state index is 0.0938. The van der Waals surface area contributed by atoms with Crippen molar-refractivity contribution >= 4 is 21.9 Å². The molecule has 0 spiro atoms. The first kappa shape index (κ1) is 18.8. The molecule has 1 aromatic carbocycles. The second kappa shape index (κ2) is 8.16. The number of hydrogen-bond donors (Lipinski definition) is 2. The zero-order chi connectivity index (χ0) is 18.6. The first-order valence-corrected chi connectivity index (χ1v) is 9.41. The molecule has 0 unspecified atom stereocenters. The van der Waals surface area contributed by atoms with Crippen molar-refractivity contribution in [3.05, 3.63) is 52.5 Å². The third-order valence-electron chi connectivity index (χ3n) is 4.57. The van der Waals surface area contributed by atoms with Gasteiger partial charge in [0, 0.05) is 35.4 Å². The zero-order valence-corrected chi connectivity index (χ0v) is 16.1. The number of aromatic nitrogens is 2. The van der Waals surface area contributed by atoms with Crippen LogP contribution < -0.4 is 10.6 Å². The normalized spacial score (nSPS) is 16.0. The van der Waals surface area contributed by atoms with Gasteiger partial charge in [0.1, 0.15) is 12.4 Å². The summed E-state index contributed by atoms with van der Waals surface area (Å²) in [4.78, 5) is 8.37. The number of hydrogen-bond acceptors (Lipinski definition) is 2. The summed E-state index contributed by atoms with van der Waals surface area (Å²) in [7, 11) is 0. The lowest BCUT2D eigenvalue weighted by Gasteiger charge is -2.19. The van der Waals surface area contributed by atoms with Crippen LogP contribution in [0.4, 0.5) is 8.78 Å². The summed E-state index contributed by atoms with van der Waals surface area (Å²) in [5, 5.41) is 6.51. The molecule has 0 saturated heterocycles. The molecule has 1 aromatic heterocycles. The van der Waals surface area contributed by atoms with Gasteiger partial charge in [0.25, 0.3) is 0 Å². The van der Waals surface area contributed by atoms with Crippen molar-refractivity contribution in [1.82, 2.24) is 20.2 Å². The molecule has 26 heavy (non-hydrogen) atoms. The zero-order valence-electron chi connectivity index (χ0n) is 14.6. The molecule has 1 saturated carbocycles. The van der Waals surface area contributed by atoms with Crippen LogP contribution in [0.3, 0.4) is 0 Å². The number of halogens is 3. The van der Waals surface area contributed by atoms with Crippen LogP contribution in [0, 0.1) is 0 Å². The van der Waals surface area contributed by atoms with Gasteiger partial charge in [0.15, 0.2) is 5.96 Å². The van der Waals surface area contributed by atoms with Crippen molar-refractivity contribution in [2.45, 2.75) is 38.3 Å². The molecule has 1 fully saturated rings. The molecule has 1 aliphatic carbocycles. The lowest BCUT2D eigenvalue weighted by atomic mass is 9.96. The third-order valence-corrected chi connectivity index (χ3v) is 5.06. The van der Waals surface area contributed by atoms with Gasteiger partial charge in [-0.25, -0.2) is 9.98 Å². The van der Waals surface area contributed by atoms with Crippen LogP contribution in [0.1, 0.15) is 37.7 Å². The first-order valence-electron chi connectivity index (χ1n) is 8.62. The average Bonchev–Trinajstić information content (AvgIpc) is 3.26. The Bertz CT molecular complexity index is 770. The molecule has 0 bridgehead atoms. The van der Waals surface area contributed by atoms with Crippen LogP contribution in [0.2, 0.25) is 0 Å². The van der Waals surface area contributed by atoms with Crippen molar-refractivity contribution in [3.63, 3.8) is 0 Å². The molecule has 8 heteroatoms. The van der Waals surface area contributed by atoms with E-state index >= 15 is 0 Å². The van der Waals surface area contributed by atoms with E-state index in [0.29, 0.717) is 12.5 Å². The summed E-state index contributed by atoms with van der Waals surface area (Å²) in [6.45, 7) is 0.900. The molecular formula is C18H22BrF2N5. The topological polar surface area (TPSA) is 54.2 Å². The standard InChI is InChI=1S/C18H22BrF2N5/c1-2-22-17(24-11-15-23-8-9-26(15)16(20)21)25-12-18(6-7-18)13-4-3-5-14(19)10-13/h3-5,8-10,16H,2,6-7,11-12H2,1H3,(H2,22,24,25). The van der Waals surface area contributed by atoms with E-state index in [0.717, 1.165) is 28.4 Å². The van der Waals surface area contributed by atoms with Gasteiger partial charge in [0.2, 0.25) is 0 Å². The number of guanidine groups is 1. The second-order valence-corrected chi connectivity index (χ2v) is 7.28. The Kier molecular flexibility index (Phi) is 5.90. The van der Waals surface area contributed by atoms with Crippen molar-refractivity contribution in [2.75, 3.05) is 13.1 Å². The number of imidazole rings is 1. The molecule has 0 aliphatic heterocycles. The Morgan fingerprint density at radius 3 is 2.85 bits per heavy atom. The third kappa shape index (κ3) is 4.41. The fourth-order valence-electron chi connectivity index (χ4n) is 2.93. The highest BCUT2D eigenvalue weighted by atomic mass is 79.9.